The van der Waals surface area contributed by atoms with Crippen LogP contribution in [0.1, 0.15) is 5.56 Å². The molecule has 1 amide bonds. The van der Waals surface area contributed by atoms with Crippen molar-refractivity contribution in [2.24, 2.45) is 0 Å². The highest BCUT2D eigenvalue weighted by molar-refractivity contribution is 6.05. The highest BCUT2D eigenvalue weighted by Gasteiger charge is 2.08. The molecule has 0 fully saturated rings. The molecule has 0 aliphatic carbocycles. The van der Waals surface area contributed by atoms with Crippen molar-refractivity contribution in [3.63, 3.8) is 0 Å². The Labute approximate surface area is 121 Å². The number of carbonyl (C=O) groups is 1. The summed E-state index contributed by atoms with van der Waals surface area (Å²) in [5.41, 5.74) is 1.04. The Morgan fingerprint density at radius 2 is 1.81 bits per heavy atom. The number of benzene rings is 2. The maximum atomic E-state index is 11.9. The molecule has 3 N–H and O–H groups in total. The minimum absolute atomic E-state index is 0.0822. The lowest BCUT2D eigenvalue weighted by molar-refractivity contribution is -0.111. The van der Waals surface area contributed by atoms with E-state index < -0.39 is 5.91 Å². The minimum Gasteiger partial charge on any atom is -0.504 e. The van der Waals surface area contributed by atoms with Crippen molar-refractivity contribution in [1.29, 1.82) is 5.26 Å². The third-order valence-corrected chi connectivity index (χ3v) is 2.72. The van der Waals surface area contributed by atoms with E-state index >= 15 is 0 Å². The van der Waals surface area contributed by atoms with E-state index in [0.29, 0.717) is 11.3 Å². The quantitative estimate of drug-likeness (QED) is 0.457. The first kappa shape index (κ1) is 14.2. The molecule has 21 heavy (non-hydrogen) atoms. The molecule has 0 radical (unpaired) electrons. The van der Waals surface area contributed by atoms with Gasteiger partial charge in [0, 0.05) is 11.8 Å². The van der Waals surface area contributed by atoms with Crippen molar-refractivity contribution < 1.29 is 15.0 Å². The van der Waals surface area contributed by atoms with Crippen LogP contribution in [-0.2, 0) is 4.79 Å². The molecule has 0 saturated heterocycles. The van der Waals surface area contributed by atoms with Crippen LogP contribution in [0.25, 0.3) is 5.57 Å². The molecule has 0 atom stereocenters. The van der Waals surface area contributed by atoms with Crippen LogP contribution in [0.4, 0.5) is 5.69 Å². The zero-order valence-electron chi connectivity index (χ0n) is 10.9. The van der Waals surface area contributed by atoms with Gasteiger partial charge in [-0.1, -0.05) is 18.2 Å². The first-order chi connectivity index (χ1) is 10.1. The first-order valence-electron chi connectivity index (χ1n) is 6.10. The van der Waals surface area contributed by atoms with Gasteiger partial charge in [0.1, 0.15) is 0 Å². The van der Waals surface area contributed by atoms with Gasteiger partial charge in [-0.15, -0.1) is 0 Å². The van der Waals surface area contributed by atoms with E-state index in [2.05, 4.69) is 5.32 Å². The lowest BCUT2D eigenvalue weighted by Gasteiger charge is -2.04. The number of nitrogens with zero attached hydrogens (tertiary/aromatic N) is 1. The standard InChI is InChI=1S/C16H12N2O3/c17-10-12(11-6-7-14(19)15(20)8-11)9-16(21)18-13-4-2-1-3-5-13/h1-9,19-20H,(H,18,21). The molecule has 5 nitrogen and oxygen atoms in total. The number of hydrogen-bond donors (Lipinski definition) is 3. The number of aromatic hydroxyl groups is 2. The second-order valence-electron chi connectivity index (χ2n) is 4.23. The number of para-hydroxylation sites is 1. The van der Waals surface area contributed by atoms with Gasteiger partial charge in [0.25, 0.3) is 0 Å². The molecule has 0 heterocycles. The van der Waals surface area contributed by atoms with Crippen molar-refractivity contribution in [3.8, 4) is 17.6 Å². The van der Waals surface area contributed by atoms with Crippen LogP contribution in [0, 0.1) is 11.3 Å². The van der Waals surface area contributed by atoms with Gasteiger partial charge in [-0.05, 0) is 35.9 Å². The van der Waals surface area contributed by atoms with Gasteiger partial charge < -0.3 is 15.5 Å². The summed E-state index contributed by atoms with van der Waals surface area (Å²) in [6.45, 7) is 0. The van der Waals surface area contributed by atoms with E-state index in [1.54, 1.807) is 24.3 Å². The summed E-state index contributed by atoms with van der Waals surface area (Å²) in [5, 5.41) is 30.4. The number of allylic oxidation sites excluding steroid dienone is 1. The van der Waals surface area contributed by atoms with Crippen molar-refractivity contribution in [3.05, 3.63) is 60.2 Å². The van der Waals surface area contributed by atoms with E-state index in [1.165, 1.54) is 18.2 Å². The van der Waals surface area contributed by atoms with Crippen LogP contribution < -0.4 is 5.32 Å². The van der Waals surface area contributed by atoms with Gasteiger partial charge in [0.2, 0.25) is 5.91 Å². The molecule has 0 spiro atoms. The maximum absolute atomic E-state index is 11.9. The van der Waals surface area contributed by atoms with Crippen LogP contribution >= 0.6 is 0 Å². The molecule has 0 unspecified atom stereocenters. The molecule has 0 bridgehead atoms. The van der Waals surface area contributed by atoms with E-state index in [0.717, 1.165) is 6.08 Å². The number of amides is 1. The summed E-state index contributed by atoms with van der Waals surface area (Å²) in [6, 6.07) is 14.6. The number of nitrogens with one attached hydrogen (secondary N) is 1. The zero-order chi connectivity index (χ0) is 15.2. The highest BCUT2D eigenvalue weighted by Crippen LogP contribution is 2.28. The van der Waals surface area contributed by atoms with Crippen molar-refractivity contribution in [2.45, 2.75) is 0 Å². The molecule has 2 aromatic rings. The van der Waals surface area contributed by atoms with Crippen molar-refractivity contribution in [1.82, 2.24) is 0 Å². The summed E-state index contributed by atoms with van der Waals surface area (Å²) < 4.78 is 0. The molecule has 2 rings (SSSR count). The molecular formula is C16H12N2O3. The fraction of sp³-hybridized carbons (Fsp3) is 0. The number of carbonyl (C=O) groups excluding carboxylic acids is 1. The Kier molecular flexibility index (Phi) is 4.22. The maximum Gasteiger partial charge on any atom is 0.249 e. The van der Waals surface area contributed by atoms with E-state index in [9.17, 15) is 15.0 Å². The molecule has 0 aromatic heterocycles. The van der Waals surface area contributed by atoms with Crippen LogP contribution in [0.15, 0.2) is 54.6 Å². The number of phenolic OH excluding ortho intramolecular Hbond substituents is 2. The first-order valence-corrected chi connectivity index (χ1v) is 6.10. The summed E-state index contributed by atoms with van der Waals surface area (Å²) in [5.74, 6) is -1.09. The molecule has 0 saturated carbocycles. The third-order valence-electron chi connectivity index (χ3n) is 2.72. The number of anilines is 1. The Bertz CT molecular complexity index is 731. The highest BCUT2D eigenvalue weighted by atomic mass is 16.3. The van der Waals surface area contributed by atoms with Crippen LogP contribution in [0.2, 0.25) is 0 Å². The van der Waals surface area contributed by atoms with Crippen molar-refractivity contribution >= 4 is 17.2 Å². The molecule has 0 aliphatic heterocycles. The average molecular weight is 280 g/mol. The van der Waals surface area contributed by atoms with Gasteiger partial charge in [-0.25, -0.2) is 0 Å². The summed E-state index contributed by atoms with van der Waals surface area (Å²) in [6.07, 6.45) is 1.14. The summed E-state index contributed by atoms with van der Waals surface area (Å²) in [4.78, 5) is 11.9. The normalized spacial score (nSPS) is 10.7. The molecule has 5 heteroatoms. The lowest BCUT2D eigenvalue weighted by Crippen LogP contribution is -2.08. The molecular weight excluding hydrogens is 268 g/mol. The van der Waals surface area contributed by atoms with E-state index in [1.807, 2.05) is 12.1 Å². The average Bonchev–Trinajstić information content (AvgIpc) is 2.49. The Hall–Kier alpha value is -3.26. The van der Waals surface area contributed by atoms with E-state index in [-0.39, 0.29) is 17.1 Å². The second kappa shape index (κ2) is 6.26. The largest absolute Gasteiger partial charge is 0.504 e. The predicted molar refractivity (Wildman–Crippen MR) is 78.4 cm³/mol. The zero-order valence-corrected chi connectivity index (χ0v) is 10.9. The van der Waals surface area contributed by atoms with Gasteiger partial charge in [0.05, 0.1) is 11.6 Å². The topological polar surface area (TPSA) is 93.4 Å². The lowest BCUT2D eigenvalue weighted by atomic mass is 10.1. The van der Waals surface area contributed by atoms with Gasteiger partial charge >= 0.3 is 0 Å². The minimum atomic E-state index is -0.453. The Morgan fingerprint density at radius 1 is 1.10 bits per heavy atom. The van der Waals surface area contributed by atoms with Crippen molar-refractivity contribution in [2.75, 3.05) is 5.32 Å². The van der Waals surface area contributed by atoms with Crippen LogP contribution in [0.5, 0.6) is 11.5 Å². The fourth-order valence-electron chi connectivity index (χ4n) is 1.70. The monoisotopic (exact) mass is 280 g/mol. The van der Waals surface area contributed by atoms with Crippen LogP contribution in [-0.4, -0.2) is 16.1 Å². The van der Waals surface area contributed by atoms with Crippen LogP contribution in [0.3, 0.4) is 0 Å². The molecule has 2 aromatic carbocycles. The molecule has 104 valence electrons. The summed E-state index contributed by atoms with van der Waals surface area (Å²) in [7, 11) is 0. The number of hydrogen-bond acceptors (Lipinski definition) is 4. The Morgan fingerprint density at radius 3 is 2.43 bits per heavy atom. The second-order valence-corrected chi connectivity index (χ2v) is 4.23. The predicted octanol–water partition coefficient (Wildman–Crippen LogP) is 2.64. The van der Waals surface area contributed by atoms with E-state index in [4.69, 9.17) is 5.26 Å². The smallest absolute Gasteiger partial charge is 0.249 e. The fourth-order valence-corrected chi connectivity index (χ4v) is 1.70. The van der Waals surface area contributed by atoms with Gasteiger partial charge in [-0.3, -0.25) is 4.79 Å². The Balaban J connectivity index is 2.22. The summed E-state index contributed by atoms with van der Waals surface area (Å²) >= 11 is 0. The number of nitriles is 1. The number of phenols is 2. The van der Waals surface area contributed by atoms with Gasteiger partial charge in [-0.2, -0.15) is 5.26 Å². The number of rotatable bonds is 3. The molecule has 0 aliphatic rings. The van der Waals surface area contributed by atoms with Gasteiger partial charge in [0.15, 0.2) is 11.5 Å². The third kappa shape index (κ3) is 3.61. The SMILES string of the molecule is N#CC(=CC(=O)Nc1ccccc1)c1ccc(O)c(O)c1.